The maximum absolute atomic E-state index is 12.5. The molecule has 0 amide bonds. The molecule has 1 heterocycles. The Kier molecular flexibility index (Phi) is 2.16. The average Bonchev–Trinajstić information content (AvgIpc) is 2.31. The molecule has 5 heteroatoms. The Balaban J connectivity index is 2.95. The first-order valence-electron chi connectivity index (χ1n) is 3.16. The predicted molar refractivity (Wildman–Crippen MR) is 32.8 cm³/mol. The van der Waals surface area contributed by atoms with Crippen molar-refractivity contribution >= 4 is 0 Å². The van der Waals surface area contributed by atoms with E-state index in [-0.39, 0.29) is 6.54 Å². The predicted octanol–water partition coefficient (Wildman–Crippen LogP) is 1.98. The van der Waals surface area contributed by atoms with Crippen LogP contribution in [0.15, 0.2) is 6.07 Å². The molecule has 2 nitrogen and oxygen atoms in total. The maximum atomic E-state index is 12.5. The summed E-state index contributed by atoms with van der Waals surface area (Å²) in [4.78, 5) is 0. The van der Waals surface area contributed by atoms with E-state index < -0.39 is 18.1 Å². The molecule has 0 aromatic carbocycles. The molecule has 0 aliphatic carbocycles. The van der Waals surface area contributed by atoms with Gasteiger partial charge in [0, 0.05) is 12.6 Å². The van der Waals surface area contributed by atoms with E-state index in [1.54, 1.807) is 6.92 Å². The highest BCUT2D eigenvalue weighted by molar-refractivity contribution is 5.01. The van der Waals surface area contributed by atoms with E-state index >= 15 is 0 Å². The molecule has 0 aliphatic heterocycles. The number of rotatable bonds is 2. The molecule has 0 bridgehead atoms. The number of halogens is 3. The van der Waals surface area contributed by atoms with Gasteiger partial charge in [0.1, 0.15) is 5.69 Å². The average molecular weight is 164 g/mol. The van der Waals surface area contributed by atoms with Crippen LogP contribution in [0.25, 0.3) is 0 Å². The van der Waals surface area contributed by atoms with Crippen molar-refractivity contribution in [3.8, 4) is 0 Å². The molecule has 0 radical (unpaired) electrons. The highest BCUT2D eigenvalue weighted by atomic mass is 19.3. The smallest absolute Gasteiger partial charge is 0.239 e. The Hall–Kier alpha value is -1.00. The fraction of sp³-hybridized carbons (Fsp3) is 0.500. The molecule has 1 rings (SSSR count). The van der Waals surface area contributed by atoms with Crippen molar-refractivity contribution in [2.45, 2.75) is 19.9 Å². The second-order valence-electron chi connectivity index (χ2n) is 2.01. The monoisotopic (exact) mass is 164 g/mol. The van der Waals surface area contributed by atoms with E-state index in [0.29, 0.717) is 0 Å². The van der Waals surface area contributed by atoms with Gasteiger partial charge in [-0.25, -0.2) is 13.5 Å². The van der Waals surface area contributed by atoms with E-state index in [9.17, 15) is 13.2 Å². The van der Waals surface area contributed by atoms with Crippen LogP contribution in [0.5, 0.6) is 0 Å². The van der Waals surface area contributed by atoms with Gasteiger partial charge in [-0.3, -0.25) is 0 Å². The SMILES string of the molecule is CCn1nc(C(F)F)cc1F. The van der Waals surface area contributed by atoms with Gasteiger partial charge in [-0.2, -0.15) is 9.49 Å². The van der Waals surface area contributed by atoms with Gasteiger partial charge in [0.05, 0.1) is 0 Å². The van der Waals surface area contributed by atoms with Gasteiger partial charge >= 0.3 is 0 Å². The molecule has 0 atom stereocenters. The van der Waals surface area contributed by atoms with Crippen LogP contribution in [0.4, 0.5) is 13.2 Å². The van der Waals surface area contributed by atoms with Crippen LogP contribution in [0.3, 0.4) is 0 Å². The zero-order valence-electron chi connectivity index (χ0n) is 5.89. The Morgan fingerprint density at radius 3 is 2.55 bits per heavy atom. The number of nitrogens with zero attached hydrogens (tertiary/aromatic N) is 2. The highest BCUT2D eigenvalue weighted by Crippen LogP contribution is 2.17. The number of alkyl halides is 2. The molecule has 0 aliphatic rings. The molecule has 1 aromatic rings. The summed E-state index contributed by atoms with van der Waals surface area (Å²) in [7, 11) is 0. The fourth-order valence-corrected chi connectivity index (χ4v) is 0.741. The summed E-state index contributed by atoms with van der Waals surface area (Å²) in [5, 5.41) is 3.32. The second kappa shape index (κ2) is 2.94. The third kappa shape index (κ3) is 1.53. The van der Waals surface area contributed by atoms with Crippen LogP contribution in [0, 0.1) is 5.95 Å². The summed E-state index contributed by atoms with van der Waals surface area (Å²) in [5.41, 5.74) is -0.510. The third-order valence-electron chi connectivity index (χ3n) is 1.27. The number of aryl methyl sites for hydroxylation is 1. The highest BCUT2D eigenvalue weighted by Gasteiger charge is 2.13. The van der Waals surface area contributed by atoms with E-state index in [0.717, 1.165) is 10.7 Å². The lowest BCUT2D eigenvalue weighted by Crippen LogP contribution is -1.99. The standard InChI is InChI=1S/C6H7F3N2/c1-2-11-5(7)3-4(10-11)6(8)9/h3,6H,2H2,1H3. The molecule has 0 N–H and O–H groups in total. The molecule has 0 saturated heterocycles. The lowest BCUT2D eigenvalue weighted by molar-refractivity contribution is 0.145. The minimum absolute atomic E-state index is 0.262. The third-order valence-corrected chi connectivity index (χ3v) is 1.27. The molecule has 0 unspecified atom stereocenters. The molecule has 11 heavy (non-hydrogen) atoms. The summed E-state index contributed by atoms with van der Waals surface area (Å²) in [6.07, 6.45) is -2.70. The molecule has 0 spiro atoms. The maximum Gasteiger partial charge on any atom is 0.282 e. The molecule has 0 fully saturated rings. The van der Waals surface area contributed by atoms with Gasteiger partial charge in [-0.1, -0.05) is 0 Å². The van der Waals surface area contributed by atoms with Crippen molar-refractivity contribution in [3.63, 3.8) is 0 Å². The quantitative estimate of drug-likeness (QED) is 0.653. The topological polar surface area (TPSA) is 17.8 Å². The Labute approximate surface area is 61.6 Å². The summed E-state index contributed by atoms with van der Waals surface area (Å²) in [6, 6.07) is 0.744. The lowest BCUT2D eigenvalue weighted by atomic mass is 10.5. The number of hydrogen-bond acceptors (Lipinski definition) is 1. The Morgan fingerprint density at radius 1 is 1.64 bits per heavy atom. The zero-order valence-corrected chi connectivity index (χ0v) is 5.89. The first-order chi connectivity index (χ1) is 5.15. The Bertz CT molecular complexity index is 244. The van der Waals surface area contributed by atoms with Crippen molar-refractivity contribution < 1.29 is 13.2 Å². The first kappa shape index (κ1) is 8.10. The van der Waals surface area contributed by atoms with Crippen molar-refractivity contribution in [2.75, 3.05) is 0 Å². The molecule has 62 valence electrons. The van der Waals surface area contributed by atoms with Crippen LogP contribution >= 0.6 is 0 Å². The number of aromatic nitrogens is 2. The van der Waals surface area contributed by atoms with Crippen LogP contribution < -0.4 is 0 Å². The van der Waals surface area contributed by atoms with Gasteiger partial charge < -0.3 is 0 Å². The minimum atomic E-state index is -2.70. The summed E-state index contributed by atoms with van der Waals surface area (Å²) < 4.78 is 37.1. The molecular weight excluding hydrogens is 157 g/mol. The van der Waals surface area contributed by atoms with Gasteiger partial charge in [0.25, 0.3) is 6.43 Å². The van der Waals surface area contributed by atoms with Crippen LogP contribution in [-0.2, 0) is 6.54 Å². The fourth-order valence-electron chi connectivity index (χ4n) is 0.741. The van der Waals surface area contributed by atoms with Gasteiger partial charge in [-0.15, -0.1) is 0 Å². The number of hydrogen-bond donors (Lipinski definition) is 0. The van der Waals surface area contributed by atoms with Crippen molar-refractivity contribution in [2.24, 2.45) is 0 Å². The van der Waals surface area contributed by atoms with Crippen LogP contribution in [0.1, 0.15) is 19.0 Å². The molecular formula is C6H7F3N2. The van der Waals surface area contributed by atoms with Crippen molar-refractivity contribution in [1.29, 1.82) is 0 Å². The van der Waals surface area contributed by atoms with E-state index in [1.807, 2.05) is 0 Å². The normalized spacial score (nSPS) is 11.0. The zero-order chi connectivity index (χ0) is 8.43. The van der Waals surface area contributed by atoms with Gasteiger partial charge in [0.15, 0.2) is 0 Å². The Morgan fingerprint density at radius 2 is 2.27 bits per heavy atom. The van der Waals surface area contributed by atoms with Crippen molar-refractivity contribution in [3.05, 3.63) is 17.7 Å². The van der Waals surface area contributed by atoms with Gasteiger partial charge in [0.2, 0.25) is 5.95 Å². The van der Waals surface area contributed by atoms with E-state index in [1.165, 1.54) is 0 Å². The molecule has 1 aromatic heterocycles. The van der Waals surface area contributed by atoms with Crippen LogP contribution in [0.2, 0.25) is 0 Å². The largest absolute Gasteiger partial charge is 0.282 e. The van der Waals surface area contributed by atoms with E-state index in [4.69, 9.17) is 0 Å². The summed E-state index contributed by atoms with van der Waals surface area (Å²) in [5.74, 6) is -0.720. The first-order valence-corrected chi connectivity index (χ1v) is 3.16. The second-order valence-corrected chi connectivity index (χ2v) is 2.01. The lowest BCUT2D eigenvalue weighted by Gasteiger charge is -1.93. The summed E-state index contributed by atoms with van der Waals surface area (Å²) in [6.45, 7) is 1.89. The van der Waals surface area contributed by atoms with E-state index in [2.05, 4.69) is 5.10 Å². The van der Waals surface area contributed by atoms with Crippen molar-refractivity contribution in [1.82, 2.24) is 9.78 Å². The van der Waals surface area contributed by atoms with Gasteiger partial charge in [-0.05, 0) is 6.92 Å². The van der Waals surface area contributed by atoms with Crippen LogP contribution in [-0.4, -0.2) is 9.78 Å². The molecule has 0 saturated carbocycles. The minimum Gasteiger partial charge on any atom is -0.239 e. The summed E-state index contributed by atoms with van der Waals surface area (Å²) >= 11 is 0.